The smallest absolute Gasteiger partial charge is 0.253 e. The third-order valence-corrected chi connectivity index (χ3v) is 5.69. The Bertz CT molecular complexity index is 707. The third kappa shape index (κ3) is 2.65. The highest BCUT2D eigenvalue weighted by Crippen LogP contribution is 2.45. The van der Waals surface area contributed by atoms with E-state index in [-0.39, 0.29) is 17.4 Å². The van der Waals surface area contributed by atoms with Gasteiger partial charge in [-0.15, -0.1) is 0 Å². The van der Waals surface area contributed by atoms with Crippen LogP contribution in [0.15, 0.2) is 47.1 Å². The number of amides is 1. The van der Waals surface area contributed by atoms with Crippen molar-refractivity contribution in [3.05, 3.63) is 48.2 Å². The summed E-state index contributed by atoms with van der Waals surface area (Å²) in [5.74, 6) is 0.874. The second-order valence-corrected chi connectivity index (χ2v) is 7.16. The number of carbonyl (C=O) groups is 1. The van der Waals surface area contributed by atoms with E-state index in [1.807, 2.05) is 41.3 Å². The molecule has 4 heteroatoms. The molecule has 1 saturated carbocycles. The molecule has 0 bridgehead atoms. The van der Waals surface area contributed by atoms with Crippen molar-refractivity contribution >= 4 is 5.91 Å². The molecule has 2 aliphatic rings. The standard InChI is InChI=1S/C20H23NO3/c22-18-5-1-10-20(18)11-3-12-21(14-20)19(23)16-8-6-15(7-9-16)17-4-2-13-24-17/h2,4,6-9,13,18,22H,1,3,5,10-12,14H2/t18-,20+/m1/s1. The fraction of sp³-hybridized carbons (Fsp3) is 0.450. The lowest BCUT2D eigenvalue weighted by Crippen LogP contribution is -2.49. The van der Waals surface area contributed by atoms with Crippen LogP contribution in [0.2, 0.25) is 0 Å². The molecule has 1 aliphatic heterocycles. The number of benzene rings is 1. The fourth-order valence-corrected chi connectivity index (χ4v) is 4.33. The second-order valence-electron chi connectivity index (χ2n) is 7.16. The van der Waals surface area contributed by atoms with Gasteiger partial charge in [-0.1, -0.05) is 18.6 Å². The highest BCUT2D eigenvalue weighted by Gasteiger charge is 2.45. The molecule has 1 N–H and O–H groups in total. The molecular formula is C20H23NO3. The maximum atomic E-state index is 12.9. The largest absolute Gasteiger partial charge is 0.464 e. The highest BCUT2D eigenvalue weighted by molar-refractivity contribution is 5.94. The summed E-state index contributed by atoms with van der Waals surface area (Å²) in [6.45, 7) is 1.47. The predicted molar refractivity (Wildman–Crippen MR) is 91.6 cm³/mol. The number of aliphatic hydroxyl groups excluding tert-OH is 1. The summed E-state index contributed by atoms with van der Waals surface area (Å²) < 4.78 is 5.39. The summed E-state index contributed by atoms with van der Waals surface area (Å²) in [6, 6.07) is 11.4. The lowest BCUT2D eigenvalue weighted by Gasteiger charge is -2.42. The molecule has 2 atom stereocenters. The summed E-state index contributed by atoms with van der Waals surface area (Å²) >= 11 is 0. The van der Waals surface area contributed by atoms with Crippen molar-refractivity contribution in [2.75, 3.05) is 13.1 Å². The van der Waals surface area contributed by atoms with E-state index in [9.17, 15) is 9.90 Å². The molecule has 2 heterocycles. The van der Waals surface area contributed by atoms with Crippen molar-refractivity contribution in [2.45, 2.75) is 38.2 Å². The van der Waals surface area contributed by atoms with Gasteiger partial charge < -0.3 is 14.4 Å². The van der Waals surface area contributed by atoms with Gasteiger partial charge in [0.1, 0.15) is 5.76 Å². The van der Waals surface area contributed by atoms with E-state index in [2.05, 4.69) is 0 Å². The van der Waals surface area contributed by atoms with Crippen molar-refractivity contribution in [2.24, 2.45) is 5.41 Å². The van der Waals surface area contributed by atoms with Gasteiger partial charge in [0.25, 0.3) is 5.91 Å². The Labute approximate surface area is 142 Å². The number of furan rings is 1. The van der Waals surface area contributed by atoms with Gasteiger partial charge in [0, 0.05) is 29.6 Å². The number of nitrogens with zero attached hydrogens (tertiary/aromatic N) is 1. The van der Waals surface area contributed by atoms with Crippen molar-refractivity contribution in [1.82, 2.24) is 4.90 Å². The summed E-state index contributed by atoms with van der Waals surface area (Å²) in [7, 11) is 0. The number of likely N-dealkylation sites (tertiary alicyclic amines) is 1. The lowest BCUT2D eigenvalue weighted by atomic mass is 9.76. The van der Waals surface area contributed by atoms with Crippen LogP contribution in [0.3, 0.4) is 0 Å². The average molecular weight is 325 g/mol. The van der Waals surface area contributed by atoms with Gasteiger partial charge >= 0.3 is 0 Å². The normalized spacial score (nSPS) is 26.9. The molecule has 1 amide bonds. The van der Waals surface area contributed by atoms with Gasteiger partial charge in [-0.3, -0.25) is 4.79 Å². The average Bonchev–Trinajstić information content (AvgIpc) is 3.26. The Morgan fingerprint density at radius 3 is 2.62 bits per heavy atom. The molecule has 4 nitrogen and oxygen atoms in total. The van der Waals surface area contributed by atoms with Crippen molar-refractivity contribution in [3.8, 4) is 11.3 Å². The first-order chi connectivity index (χ1) is 11.7. The van der Waals surface area contributed by atoms with Crippen LogP contribution in [0.5, 0.6) is 0 Å². The molecule has 0 unspecified atom stereocenters. The number of piperidine rings is 1. The van der Waals surface area contributed by atoms with Crippen LogP contribution in [-0.4, -0.2) is 35.1 Å². The zero-order valence-corrected chi connectivity index (χ0v) is 13.8. The molecule has 0 radical (unpaired) electrons. The third-order valence-electron chi connectivity index (χ3n) is 5.69. The SMILES string of the molecule is O=C(c1ccc(-c2ccco2)cc1)N1CCC[C@@]2(CCC[C@H]2O)C1. The summed E-state index contributed by atoms with van der Waals surface area (Å²) in [5, 5.41) is 10.4. The molecule has 1 spiro atoms. The van der Waals surface area contributed by atoms with E-state index in [0.717, 1.165) is 50.0 Å². The Hall–Kier alpha value is -2.07. The topological polar surface area (TPSA) is 53.7 Å². The molecule has 1 aromatic heterocycles. The van der Waals surface area contributed by atoms with Gasteiger partial charge in [-0.05, 0) is 49.9 Å². The van der Waals surface area contributed by atoms with Gasteiger partial charge in [0.2, 0.25) is 0 Å². The summed E-state index contributed by atoms with van der Waals surface area (Å²) in [4.78, 5) is 14.8. The lowest BCUT2D eigenvalue weighted by molar-refractivity contribution is -0.00535. The van der Waals surface area contributed by atoms with Crippen LogP contribution in [0.25, 0.3) is 11.3 Å². The first kappa shape index (κ1) is 15.5. The number of hydrogen-bond donors (Lipinski definition) is 1. The first-order valence-corrected chi connectivity index (χ1v) is 8.79. The number of hydrogen-bond acceptors (Lipinski definition) is 3. The quantitative estimate of drug-likeness (QED) is 0.915. The van der Waals surface area contributed by atoms with Crippen LogP contribution in [0.4, 0.5) is 0 Å². The van der Waals surface area contributed by atoms with Crippen LogP contribution < -0.4 is 0 Å². The summed E-state index contributed by atoms with van der Waals surface area (Å²) in [6.07, 6.45) is 6.39. The van der Waals surface area contributed by atoms with Gasteiger partial charge in [-0.25, -0.2) is 0 Å². The van der Waals surface area contributed by atoms with Crippen molar-refractivity contribution < 1.29 is 14.3 Å². The van der Waals surface area contributed by atoms with Crippen molar-refractivity contribution in [1.29, 1.82) is 0 Å². The van der Waals surface area contributed by atoms with Crippen LogP contribution >= 0.6 is 0 Å². The Morgan fingerprint density at radius 1 is 1.17 bits per heavy atom. The number of rotatable bonds is 2. The molecule has 126 valence electrons. The maximum Gasteiger partial charge on any atom is 0.253 e. The van der Waals surface area contributed by atoms with Crippen LogP contribution in [0.1, 0.15) is 42.5 Å². The number of aliphatic hydroxyl groups is 1. The van der Waals surface area contributed by atoms with Crippen LogP contribution in [0, 0.1) is 5.41 Å². The van der Waals surface area contributed by atoms with E-state index in [4.69, 9.17) is 4.42 Å². The van der Waals surface area contributed by atoms with Crippen molar-refractivity contribution in [3.63, 3.8) is 0 Å². The second kappa shape index (κ2) is 6.10. The minimum atomic E-state index is -0.255. The number of carbonyl (C=O) groups excluding carboxylic acids is 1. The van der Waals surface area contributed by atoms with Crippen LogP contribution in [-0.2, 0) is 0 Å². The van der Waals surface area contributed by atoms with E-state index in [1.54, 1.807) is 6.26 Å². The molecule has 2 fully saturated rings. The Morgan fingerprint density at radius 2 is 1.96 bits per heavy atom. The van der Waals surface area contributed by atoms with E-state index >= 15 is 0 Å². The Kier molecular flexibility index (Phi) is 3.93. The fourth-order valence-electron chi connectivity index (χ4n) is 4.33. The minimum Gasteiger partial charge on any atom is -0.464 e. The summed E-state index contributed by atoms with van der Waals surface area (Å²) in [5.41, 5.74) is 1.61. The molecule has 2 aromatic rings. The molecule has 1 aliphatic carbocycles. The minimum absolute atomic E-state index is 0.0674. The van der Waals surface area contributed by atoms with Gasteiger partial charge in [-0.2, -0.15) is 0 Å². The molecule has 24 heavy (non-hydrogen) atoms. The van der Waals surface area contributed by atoms with Gasteiger partial charge in [0.15, 0.2) is 0 Å². The Balaban J connectivity index is 1.51. The first-order valence-electron chi connectivity index (χ1n) is 8.79. The van der Waals surface area contributed by atoms with Gasteiger partial charge in [0.05, 0.1) is 12.4 Å². The molecule has 1 aromatic carbocycles. The van der Waals surface area contributed by atoms with E-state index in [0.29, 0.717) is 12.1 Å². The van der Waals surface area contributed by atoms with E-state index in [1.165, 1.54) is 0 Å². The molecule has 1 saturated heterocycles. The molecule has 4 rings (SSSR count). The highest BCUT2D eigenvalue weighted by atomic mass is 16.3. The predicted octanol–water partition coefficient (Wildman–Crippen LogP) is 3.71. The zero-order chi connectivity index (χ0) is 16.6. The van der Waals surface area contributed by atoms with E-state index < -0.39 is 0 Å². The zero-order valence-electron chi connectivity index (χ0n) is 13.8. The monoisotopic (exact) mass is 325 g/mol. The maximum absolute atomic E-state index is 12.9. The molecular weight excluding hydrogens is 302 g/mol.